The molecule has 3 aromatic rings. The quantitative estimate of drug-likeness (QED) is 0.447. The molecule has 24 heavy (non-hydrogen) atoms. The van der Waals surface area contributed by atoms with Crippen molar-refractivity contribution in [2.24, 2.45) is 0 Å². The van der Waals surface area contributed by atoms with Gasteiger partial charge in [-0.25, -0.2) is 0 Å². The Hall–Kier alpha value is -2.54. The van der Waals surface area contributed by atoms with Crippen LogP contribution in [-0.2, 0) is 0 Å². The molecule has 0 saturated heterocycles. The third kappa shape index (κ3) is 3.86. The van der Waals surface area contributed by atoms with Gasteiger partial charge in [0.15, 0.2) is 0 Å². The summed E-state index contributed by atoms with van der Waals surface area (Å²) in [6.45, 7) is 2.98. The topological polar surface area (TPSA) is 9.23 Å². The molecular formula is C23H24O. The summed E-state index contributed by atoms with van der Waals surface area (Å²) in [6, 6.07) is 27.4. The van der Waals surface area contributed by atoms with Crippen LogP contribution in [0.2, 0.25) is 0 Å². The molecule has 0 unspecified atom stereocenters. The number of unbranched alkanes of at least 4 members (excludes halogenated alkanes) is 2. The molecule has 0 spiro atoms. The maximum atomic E-state index is 6.16. The number of ether oxygens (including phenoxy) is 1. The smallest absolute Gasteiger partial charge is 0.127 e. The molecule has 122 valence electrons. The predicted molar refractivity (Wildman–Crippen MR) is 102 cm³/mol. The fourth-order valence-corrected chi connectivity index (χ4v) is 2.95. The summed E-state index contributed by atoms with van der Waals surface area (Å²) in [7, 11) is 0. The highest BCUT2D eigenvalue weighted by molar-refractivity contribution is 5.87. The predicted octanol–water partition coefficient (Wildman–Crippen LogP) is 6.59. The summed E-state index contributed by atoms with van der Waals surface area (Å²) >= 11 is 0. The van der Waals surface area contributed by atoms with E-state index in [-0.39, 0.29) is 0 Å². The Labute approximate surface area is 144 Å². The highest BCUT2D eigenvalue weighted by Gasteiger charge is 2.13. The summed E-state index contributed by atoms with van der Waals surface area (Å²) in [5.41, 5.74) is 4.81. The standard InChI is InChI=1S/C23H24O/c1-2-3-10-18-24-22-17-11-16-21(19-12-6-4-7-13-19)23(22)20-14-8-5-9-15-20/h4-9,11-17H,2-3,10,18H2,1H3. The second-order valence-electron chi connectivity index (χ2n) is 5.97. The lowest BCUT2D eigenvalue weighted by Gasteiger charge is -2.16. The van der Waals surface area contributed by atoms with Crippen LogP contribution in [0.4, 0.5) is 0 Å². The van der Waals surface area contributed by atoms with Crippen LogP contribution in [-0.4, -0.2) is 6.61 Å². The minimum Gasteiger partial charge on any atom is -0.493 e. The van der Waals surface area contributed by atoms with Gasteiger partial charge < -0.3 is 4.74 Å². The van der Waals surface area contributed by atoms with Crippen molar-refractivity contribution in [3.63, 3.8) is 0 Å². The van der Waals surface area contributed by atoms with E-state index in [9.17, 15) is 0 Å². The highest BCUT2D eigenvalue weighted by Crippen LogP contribution is 2.39. The number of rotatable bonds is 7. The summed E-state index contributed by atoms with van der Waals surface area (Å²) in [4.78, 5) is 0. The van der Waals surface area contributed by atoms with Crippen molar-refractivity contribution in [1.29, 1.82) is 0 Å². The normalized spacial score (nSPS) is 10.5. The monoisotopic (exact) mass is 316 g/mol. The second kappa shape index (κ2) is 8.35. The average molecular weight is 316 g/mol. The van der Waals surface area contributed by atoms with Crippen LogP contribution in [0.5, 0.6) is 5.75 Å². The Morgan fingerprint density at radius 1 is 0.667 bits per heavy atom. The van der Waals surface area contributed by atoms with Crippen LogP contribution in [0.3, 0.4) is 0 Å². The Bertz CT molecular complexity index is 748. The van der Waals surface area contributed by atoms with Crippen molar-refractivity contribution in [1.82, 2.24) is 0 Å². The van der Waals surface area contributed by atoms with Gasteiger partial charge in [0.05, 0.1) is 6.61 Å². The van der Waals surface area contributed by atoms with E-state index in [0.717, 1.165) is 18.8 Å². The molecular weight excluding hydrogens is 292 g/mol. The van der Waals surface area contributed by atoms with E-state index in [0.29, 0.717) is 0 Å². The Kier molecular flexibility index (Phi) is 5.68. The molecule has 3 aromatic carbocycles. The highest BCUT2D eigenvalue weighted by atomic mass is 16.5. The molecule has 0 saturated carbocycles. The van der Waals surface area contributed by atoms with Gasteiger partial charge in [-0.2, -0.15) is 0 Å². The second-order valence-corrected chi connectivity index (χ2v) is 5.97. The third-order valence-electron chi connectivity index (χ3n) is 4.18. The summed E-state index contributed by atoms with van der Waals surface area (Å²) in [5.74, 6) is 0.971. The number of hydrogen-bond acceptors (Lipinski definition) is 1. The van der Waals surface area contributed by atoms with Crippen molar-refractivity contribution in [3.05, 3.63) is 78.9 Å². The van der Waals surface area contributed by atoms with Gasteiger partial charge in [0, 0.05) is 5.56 Å². The van der Waals surface area contributed by atoms with Crippen LogP contribution >= 0.6 is 0 Å². The van der Waals surface area contributed by atoms with Gasteiger partial charge in [0.25, 0.3) is 0 Å². The molecule has 0 radical (unpaired) electrons. The van der Waals surface area contributed by atoms with Crippen LogP contribution in [0.25, 0.3) is 22.3 Å². The lowest BCUT2D eigenvalue weighted by atomic mass is 9.94. The van der Waals surface area contributed by atoms with Crippen LogP contribution in [0.1, 0.15) is 26.2 Å². The largest absolute Gasteiger partial charge is 0.493 e. The maximum absolute atomic E-state index is 6.16. The van der Waals surface area contributed by atoms with Gasteiger partial charge in [-0.15, -0.1) is 0 Å². The zero-order valence-corrected chi connectivity index (χ0v) is 14.2. The average Bonchev–Trinajstić information content (AvgIpc) is 2.66. The molecule has 1 nitrogen and oxygen atoms in total. The molecule has 0 heterocycles. The van der Waals surface area contributed by atoms with Gasteiger partial charge in [0.2, 0.25) is 0 Å². The molecule has 1 heteroatoms. The van der Waals surface area contributed by atoms with Gasteiger partial charge >= 0.3 is 0 Å². The van der Waals surface area contributed by atoms with Gasteiger partial charge in [0.1, 0.15) is 5.75 Å². The van der Waals surface area contributed by atoms with Crippen LogP contribution in [0, 0.1) is 0 Å². The lowest BCUT2D eigenvalue weighted by molar-refractivity contribution is 0.307. The van der Waals surface area contributed by atoms with Crippen molar-refractivity contribution < 1.29 is 4.74 Å². The Balaban J connectivity index is 2.03. The van der Waals surface area contributed by atoms with Gasteiger partial charge in [-0.05, 0) is 29.2 Å². The molecule has 0 aromatic heterocycles. The molecule has 0 N–H and O–H groups in total. The summed E-state index contributed by atoms with van der Waals surface area (Å²) < 4.78 is 6.16. The van der Waals surface area contributed by atoms with E-state index < -0.39 is 0 Å². The maximum Gasteiger partial charge on any atom is 0.127 e. The van der Waals surface area contributed by atoms with E-state index in [1.807, 2.05) is 0 Å². The lowest BCUT2D eigenvalue weighted by Crippen LogP contribution is -1.99. The first kappa shape index (κ1) is 16.3. The minimum absolute atomic E-state index is 0.770. The summed E-state index contributed by atoms with van der Waals surface area (Å²) in [5, 5.41) is 0. The van der Waals surface area contributed by atoms with Crippen LogP contribution in [0.15, 0.2) is 78.9 Å². The van der Waals surface area contributed by atoms with E-state index in [2.05, 4.69) is 85.8 Å². The first-order valence-corrected chi connectivity index (χ1v) is 8.77. The van der Waals surface area contributed by atoms with E-state index >= 15 is 0 Å². The van der Waals surface area contributed by atoms with E-state index in [4.69, 9.17) is 4.74 Å². The van der Waals surface area contributed by atoms with Crippen molar-refractivity contribution in [3.8, 4) is 28.0 Å². The zero-order chi connectivity index (χ0) is 16.6. The number of hydrogen-bond donors (Lipinski definition) is 0. The van der Waals surface area contributed by atoms with Crippen molar-refractivity contribution in [2.75, 3.05) is 6.61 Å². The fraction of sp³-hybridized carbons (Fsp3) is 0.217. The molecule has 0 aliphatic heterocycles. The molecule has 0 aliphatic rings. The van der Waals surface area contributed by atoms with Gasteiger partial charge in [-0.3, -0.25) is 0 Å². The molecule has 3 rings (SSSR count). The fourth-order valence-electron chi connectivity index (χ4n) is 2.95. The van der Waals surface area contributed by atoms with Crippen LogP contribution < -0.4 is 4.74 Å². The van der Waals surface area contributed by atoms with Crippen molar-refractivity contribution in [2.45, 2.75) is 26.2 Å². The Morgan fingerprint density at radius 2 is 1.33 bits per heavy atom. The van der Waals surface area contributed by atoms with Crippen molar-refractivity contribution >= 4 is 0 Å². The Morgan fingerprint density at radius 3 is 2.00 bits per heavy atom. The summed E-state index contributed by atoms with van der Waals surface area (Å²) in [6.07, 6.45) is 3.51. The number of benzene rings is 3. The van der Waals surface area contributed by atoms with E-state index in [1.165, 1.54) is 35.1 Å². The van der Waals surface area contributed by atoms with E-state index in [1.54, 1.807) is 0 Å². The third-order valence-corrected chi connectivity index (χ3v) is 4.18. The molecule has 0 amide bonds. The minimum atomic E-state index is 0.770. The zero-order valence-electron chi connectivity index (χ0n) is 14.2. The first-order chi connectivity index (χ1) is 11.9. The van der Waals surface area contributed by atoms with Gasteiger partial charge in [-0.1, -0.05) is 92.6 Å². The molecule has 0 bridgehead atoms. The SMILES string of the molecule is CCCCCOc1cccc(-c2ccccc2)c1-c1ccccc1. The molecule has 0 fully saturated rings. The first-order valence-electron chi connectivity index (χ1n) is 8.77. The molecule has 0 atom stereocenters. The molecule has 0 aliphatic carbocycles.